The SMILES string of the molecule is CC/C=C\C/C=C\C/C=C\C/C=C\C/C=C\C/C=C\C/C=C\C/C=C\C/C=C\CCCCCCCCCCCC(=O)NC(COP(=O)(O)OCC[N+](C)(C)C)C(O)/C=C/CCCCCCCCCCCCCCCCCCCCCCCCCC. The molecule has 3 atom stereocenters. The van der Waals surface area contributed by atoms with Gasteiger partial charge in [-0.25, -0.2) is 4.57 Å². The molecule has 85 heavy (non-hydrogen) atoms. The van der Waals surface area contributed by atoms with Crippen LogP contribution >= 0.6 is 7.82 Å². The highest BCUT2D eigenvalue weighted by Crippen LogP contribution is 2.43. The van der Waals surface area contributed by atoms with E-state index in [1.165, 1.54) is 180 Å². The predicted octanol–water partition coefficient (Wildman–Crippen LogP) is 22.8. The van der Waals surface area contributed by atoms with Crippen molar-refractivity contribution in [2.24, 2.45) is 0 Å². The van der Waals surface area contributed by atoms with Crippen molar-refractivity contribution in [3.8, 4) is 0 Å². The van der Waals surface area contributed by atoms with Crippen LogP contribution in [0.3, 0.4) is 0 Å². The van der Waals surface area contributed by atoms with E-state index in [4.69, 9.17) is 9.05 Å². The number of likely N-dealkylation sites (N-methyl/N-ethyl adjacent to an activating group) is 1. The van der Waals surface area contributed by atoms with Gasteiger partial charge in [-0.05, 0) is 89.9 Å². The van der Waals surface area contributed by atoms with Gasteiger partial charge in [0.2, 0.25) is 5.91 Å². The van der Waals surface area contributed by atoms with Crippen LogP contribution in [0.2, 0.25) is 0 Å². The Morgan fingerprint density at radius 1 is 0.412 bits per heavy atom. The minimum atomic E-state index is -4.36. The Morgan fingerprint density at radius 3 is 1.04 bits per heavy atom. The van der Waals surface area contributed by atoms with Gasteiger partial charge in [-0.15, -0.1) is 0 Å². The summed E-state index contributed by atoms with van der Waals surface area (Å²) in [7, 11) is 1.56. The van der Waals surface area contributed by atoms with E-state index in [2.05, 4.69) is 129 Å². The lowest BCUT2D eigenvalue weighted by atomic mass is 10.0. The predicted molar refractivity (Wildman–Crippen MR) is 373 cm³/mol. The molecular weight excluding hydrogens is 1070 g/mol. The first-order chi connectivity index (χ1) is 41.5. The monoisotopic (exact) mass is 1200 g/mol. The lowest BCUT2D eigenvalue weighted by Gasteiger charge is -2.25. The highest BCUT2D eigenvalue weighted by atomic mass is 31.2. The van der Waals surface area contributed by atoms with Gasteiger partial charge >= 0.3 is 7.82 Å². The molecular formula is C76H136N2O6P+. The molecule has 0 saturated heterocycles. The molecule has 0 heterocycles. The highest BCUT2D eigenvalue weighted by molar-refractivity contribution is 7.47. The molecule has 3 N–H and O–H groups in total. The van der Waals surface area contributed by atoms with E-state index in [9.17, 15) is 19.4 Å². The molecule has 0 bridgehead atoms. The van der Waals surface area contributed by atoms with Crippen LogP contribution in [0.25, 0.3) is 0 Å². The lowest BCUT2D eigenvalue weighted by molar-refractivity contribution is -0.870. The van der Waals surface area contributed by atoms with Gasteiger partial charge in [-0.2, -0.15) is 0 Å². The Morgan fingerprint density at radius 2 is 0.706 bits per heavy atom. The zero-order valence-electron chi connectivity index (χ0n) is 56.1. The molecule has 0 aliphatic carbocycles. The summed E-state index contributed by atoms with van der Waals surface area (Å²) in [4.78, 5) is 23.4. The fourth-order valence-corrected chi connectivity index (χ4v) is 10.7. The van der Waals surface area contributed by atoms with Crippen LogP contribution < -0.4 is 5.32 Å². The molecule has 0 rings (SSSR count). The maximum atomic E-state index is 13.1. The van der Waals surface area contributed by atoms with Crippen LogP contribution in [0, 0.1) is 0 Å². The first-order valence-corrected chi connectivity index (χ1v) is 36.9. The van der Waals surface area contributed by atoms with Crippen LogP contribution in [-0.4, -0.2) is 73.4 Å². The van der Waals surface area contributed by atoms with E-state index < -0.39 is 20.0 Å². The van der Waals surface area contributed by atoms with Gasteiger partial charge in [0, 0.05) is 6.42 Å². The summed E-state index contributed by atoms with van der Waals surface area (Å²) in [6.45, 7) is 4.72. The Balaban J connectivity index is 4.14. The summed E-state index contributed by atoms with van der Waals surface area (Å²) in [5.41, 5.74) is 0. The second-order valence-electron chi connectivity index (χ2n) is 24.9. The molecule has 0 aliphatic rings. The number of quaternary nitrogens is 1. The fourth-order valence-electron chi connectivity index (χ4n) is 9.98. The number of hydrogen-bond donors (Lipinski definition) is 3. The molecule has 0 aliphatic heterocycles. The molecule has 0 fully saturated rings. The summed E-state index contributed by atoms with van der Waals surface area (Å²) >= 11 is 0. The highest BCUT2D eigenvalue weighted by Gasteiger charge is 2.28. The van der Waals surface area contributed by atoms with Gasteiger partial charge in [0.05, 0.1) is 39.9 Å². The summed E-state index contributed by atoms with van der Waals surface area (Å²) < 4.78 is 23.8. The number of aliphatic hydroxyl groups excluding tert-OH is 1. The third-order valence-corrected chi connectivity index (χ3v) is 16.4. The number of aliphatic hydroxyl groups is 1. The van der Waals surface area contributed by atoms with Gasteiger partial charge < -0.3 is 19.8 Å². The van der Waals surface area contributed by atoms with Gasteiger partial charge in [-0.3, -0.25) is 13.8 Å². The van der Waals surface area contributed by atoms with Crippen molar-refractivity contribution in [1.82, 2.24) is 5.32 Å². The van der Waals surface area contributed by atoms with Crippen molar-refractivity contribution in [2.75, 3.05) is 40.9 Å². The van der Waals surface area contributed by atoms with Crippen molar-refractivity contribution in [1.29, 1.82) is 0 Å². The summed E-state index contributed by atoms with van der Waals surface area (Å²) in [6.07, 6.45) is 97.6. The first kappa shape index (κ1) is 81.9. The number of rotatable bonds is 64. The molecule has 9 heteroatoms. The first-order valence-electron chi connectivity index (χ1n) is 35.4. The molecule has 0 aromatic carbocycles. The van der Waals surface area contributed by atoms with Crippen molar-refractivity contribution in [3.05, 3.63) is 122 Å². The quantitative estimate of drug-likeness (QED) is 0.0243. The maximum Gasteiger partial charge on any atom is 0.472 e. The number of phosphoric ester groups is 1. The van der Waals surface area contributed by atoms with Crippen LogP contribution in [0.4, 0.5) is 0 Å². The van der Waals surface area contributed by atoms with E-state index >= 15 is 0 Å². The van der Waals surface area contributed by atoms with E-state index in [0.29, 0.717) is 17.4 Å². The number of allylic oxidation sites excluding steroid dienone is 19. The Bertz CT molecular complexity index is 1800. The minimum absolute atomic E-state index is 0.0553. The van der Waals surface area contributed by atoms with Crippen LogP contribution in [0.1, 0.15) is 303 Å². The number of carbonyl (C=O) groups excluding carboxylic acids is 1. The Hall–Kier alpha value is -3.10. The number of amides is 1. The van der Waals surface area contributed by atoms with E-state index in [1.807, 2.05) is 27.2 Å². The van der Waals surface area contributed by atoms with E-state index in [0.717, 1.165) is 103 Å². The van der Waals surface area contributed by atoms with Crippen molar-refractivity contribution in [3.63, 3.8) is 0 Å². The summed E-state index contributed by atoms with van der Waals surface area (Å²) in [5.74, 6) is -0.185. The molecule has 8 nitrogen and oxygen atoms in total. The molecule has 3 unspecified atom stereocenters. The van der Waals surface area contributed by atoms with Gasteiger partial charge in [0.1, 0.15) is 13.2 Å². The zero-order chi connectivity index (χ0) is 61.9. The van der Waals surface area contributed by atoms with E-state index in [1.54, 1.807) is 6.08 Å². The van der Waals surface area contributed by atoms with Gasteiger partial charge in [-0.1, -0.05) is 328 Å². The van der Waals surface area contributed by atoms with Crippen LogP contribution in [-0.2, 0) is 18.4 Å². The third kappa shape index (κ3) is 68.3. The normalized spacial score (nSPS) is 14.4. The molecule has 0 saturated carbocycles. The van der Waals surface area contributed by atoms with Crippen molar-refractivity contribution >= 4 is 13.7 Å². The molecule has 0 aromatic heterocycles. The minimum Gasteiger partial charge on any atom is -0.387 e. The number of hydrogen-bond acceptors (Lipinski definition) is 5. The number of phosphoric acid groups is 1. The zero-order valence-corrected chi connectivity index (χ0v) is 57.0. The topological polar surface area (TPSA) is 105 Å². The summed E-state index contributed by atoms with van der Waals surface area (Å²) in [5, 5.41) is 14.0. The van der Waals surface area contributed by atoms with Crippen molar-refractivity contribution < 1.29 is 32.9 Å². The fraction of sp³-hybridized carbons (Fsp3) is 0.724. The van der Waals surface area contributed by atoms with Gasteiger partial charge in [0.25, 0.3) is 0 Å². The molecule has 0 radical (unpaired) electrons. The summed E-state index contributed by atoms with van der Waals surface area (Å²) in [6, 6.07) is -0.860. The van der Waals surface area contributed by atoms with Crippen LogP contribution in [0.15, 0.2) is 122 Å². The molecule has 1 amide bonds. The van der Waals surface area contributed by atoms with Crippen molar-refractivity contribution in [2.45, 2.75) is 315 Å². The number of carbonyl (C=O) groups is 1. The maximum absolute atomic E-state index is 13.1. The van der Waals surface area contributed by atoms with Crippen LogP contribution in [0.5, 0.6) is 0 Å². The standard InChI is InChI=1S/C76H135N2O6P/c1-6-8-10-12-14-16-18-20-22-24-26-28-30-32-34-35-36-37-38-39-40-41-42-43-44-46-48-50-52-54-56-58-60-62-64-66-68-70-76(80)77-74(73-84-85(81,82)83-72-71-78(3,4)5)75(79)69-67-65-63-61-59-57-55-53-51-49-47-45-33-31-29-27-25-23-21-19-17-15-13-11-9-7-2/h8,10,14,16,20,22,26,28,32,34,36-37,39-40,42-43,46,48,67,69,74-75,79H,6-7,9,11-13,15,17-19,21,23-25,27,29-31,33,35,38,41,44-45,47,49-66,68,70-73H2,1-5H3,(H-,77,80,81,82)/p+1/b10-8-,16-14-,22-20-,28-26-,34-32-,37-36-,40-39-,43-42-,48-46-,69-67+. The Kier molecular flexibility index (Phi) is 63.0. The third-order valence-electron chi connectivity index (χ3n) is 15.4. The largest absolute Gasteiger partial charge is 0.472 e. The molecule has 0 aromatic rings. The number of nitrogens with zero attached hydrogens (tertiary/aromatic N) is 1. The average molecular weight is 1200 g/mol. The molecule has 0 spiro atoms. The van der Waals surface area contributed by atoms with Gasteiger partial charge in [0.15, 0.2) is 0 Å². The van der Waals surface area contributed by atoms with E-state index in [-0.39, 0.29) is 19.1 Å². The second kappa shape index (κ2) is 65.3. The average Bonchev–Trinajstić information content (AvgIpc) is 3.49. The number of nitrogens with one attached hydrogen (secondary N) is 1. The lowest BCUT2D eigenvalue weighted by Crippen LogP contribution is -2.45. The smallest absolute Gasteiger partial charge is 0.387 e. The molecule has 490 valence electrons. The second-order valence-corrected chi connectivity index (χ2v) is 26.3. The Labute approximate surface area is 526 Å². The number of unbranched alkanes of at least 4 members (excludes halogenated alkanes) is 33.